The van der Waals surface area contributed by atoms with Crippen LogP contribution in [0.2, 0.25) is 0 Å². The molecule has 1 rings (SSSR count). The highest BCUT2D eigenvalue weighted by Gasteiger charge is 2.10. The molecule has 1 aromatic heterocycles. The van der Waals surface area contributed by atoms with E-state index >= 15 is 0 Å². The molecule has 6 nitrogen and oxygen atoms in total. The zero-order chi connectivity index (χ0) is 10.1. The summed E-state index contributed by atoms with van der Waals surface area (Å²) in [6.07, 6.45) is 3.34. The minimum atomic E-state index is -3.29. The van der Waals surface area contributed by atoms with Crippen LogP contribution in [-0.4, -0.2) is 35.5 Å². The smallest absolute Gasteiger partial charge is 0.325 e. The first kappa shape index (κ1) is 9.72. The highest BCUT2D eigenvalue weighted by atomic mass is 32.2. The van der Waals surface area contributed by atoms with Crippen LogP contribution in [0.3, 0.4) is 0 Å². The highest BCUT2D eigenvalue weighted by molar-refractivity contribution is 7.90. The molecule has 1 N–H and O–H groups in total. The zero-order valence-electron chi connectivity index (χ0n) is 6.84. The van der Waals surface area contributed by atoms with Crippen LogP contribution in [0.25, 0.3) is 0 Å². The molecule has 0 amide bonds. The van der Waals surface area contributed by atoms with Crippen LogP contribution in [0.15, 0.2) is 17.3 Å². The monoisotopic (exact) mass is 204 g/mol. The molecule has 0 radical (unpaired) electrons. The normalized spacial score (nSPS) is 11.5. The maximum Gasteiger partial charge on any atom is 0.325 e. The summed E-state index contributed by atoms with van der Waals surface area (Å²) in [5.41, 5.74) is 0. The number of rotatable bonds is 3. The van der Waals surface area contributed by atoms with Gasteiger partial charge in [0.2, 0.25) is 0 Å². The number of carbonyl (C=O) groups is 1. The van der Waals surface area contributed by atoms with Crippen molar-refractivity contribution in [3.63, 3.8) is 0 Å². The van der Waals surface area contributed by atoms with Crippen molar-refractivity contribution in [2.45, 2.75) is 11.4 Å². The second kappa shape index (κ2) is 3.17. The molecule has 13 heavy (non-hydrogen) atoms. The standard InChI is InChI=1S/C6H8N2O4S/c1-13(11,12)5-2-7-8(3-5)4-6(9)10/h2-3H,4H2,1H3,(H,9,10). The number of carboxylic acids is 1. The zero-order valence-corrected chi connectivity index (χ0v) is 7.65. The number of hydrogen-bond donors (Lipinski definition) is 1. The van der Waals surface area contributed by atoms with E-state index < -0.39 is 15.8 Å². The molecular weight excluding hydrogens is 196 g/mol. The fourth-order valence-electron chi connectivity index (χ4n) is 0.761. The average molecular weight is 204 g/mol. The van der Waals surface area contributed by atoms with Gasteiger partial charge in [0.25, 0.3) is 0 Å². The molecule has 7 heteroatoms. The van der Waals surface area contributed by atoms with Crippen molar-refractivity contribution in [1.82, 2.24) is 9.78 Å². The number of carboxylic acid groups (broad SMARTS) is 1. The van der Waals surface area contributed by atoms with E-state index in [1.807, 2.05) is 0 Å². The molecule has 0 aliphatic rings. The number of hydrogen-bond acceptors (Lipinski definition) is 4. The summed E-state index contributed by atoms with van der Waals surface area (Å²) in [7, 11) is -3.29. The van der Waals surface area contributed by atoms with Gasteiger partial charge in [0.05, 0.1) is 6.20 Å². The van der Waals surface area contributed by atoms with Crippen molar-refractivity contribution in [3.8, 4) is 0 Å². The molecule has 0 atom stereocenters. The van der Waals surface area contributed by atoms with E-state index in [0.29, 0.717) is 0 Å². The molecule has 1 heterocycles. The SMILES string of the molecule is CS(=O)(=O)c1cnn(CC(=O)O)c1. The van der Waals surface area contributed by atoms with Gasteiger partial charge < -0.3 is 5.11 Å². The third-order valence-electron chi connectivity index (χ3n) is 1.33. The summed E-state index contributed by atoms with van der Waals surface area (Å²) in [6.45, 7) is -0.338. The second-order valence-electron chi connectivity index (χ2n) is 2.54. The maximum atomic E-state index is 10.9. The van der Waals surface area contributed by atoms with Crippen molar-refractivity contribution < 1.29 is 18.3 Å². The second-order valence-corrected chi connectivity index (χ2v) is 4.56. The minimum Gasteiger partial charge on any atom is -0.480 e. The lowest BCUT2D eigenvalue weighted by molar-refractivity contribution is -0.137. The van der Waals surface area contributed by atoms with Crippen molar-refractivity contribution >= 4 is 15.8 Å². The van der Waals surface area contributed by atoms with Gasteiger partial charge in [0.15, 0.2) is 9.84 Å². The van der Waals surface area contributed by atoms with Crippen molar-refractivity contribution in [3.05, 3.63) is 12.4 Å². The molecule has 0 unspecified atom stereocenters. The average Bonchev–Trinajstić information content (AvgIpc) is 2.32. The Labute approximate surface area is 74.7 Å². The molecule has 0 saturated carbocycles. The van der Waals surface area contributed by atoms with E-state index in [-0.39, 0.29) is 11.4 Å². The first-order valence-corrected chi connectivity index (χ1v) is 5.23. The lowest BCUT2D eigenvalue weighted by Gasteiger charge is -1.93. The van der Waals surface area contributed by atoms with E-state index in [9.17, 15) is 13.2 Å². The molecule has 0 aliphatic heterocycles. The molecule has 0 aliphatic carbocycles. The Kier molecular flexibility index (Phi) is 2.37. The number of aliphatic carboxylic acids is 1. The predicted molar refractivity (Wildman–Crippen MR) is 43.0 cm³/mol. The van der Waals surface area contributed by atoms with Crippen LogP contribution >= 0.6 is 0 Å². The molecule has 1 aromatic rings. The van der Waals surface area contributed by atoms with Crippen LogP contribution < -0.4 is 0 Å². The van der Waals surface area contributed by atoms with Crippen LogP contribution in [0.4, 0.5) is 0 Å². The first-order chi connectivity index (χ1) is 5.89. The summed E-state index contributed by atoms with van der Waals surface area (Å²) < 4.78 is 22.9. The van der Waals surface area contributed by atoms with Gasteiger partial charge in [-0.1, -0.05) is 0 Å². The molecule has 0 spiro atoms. The van der Waals surface area contributed by atoms with Gasteiger partial charge in [-0.15, -0.1) is 0 Å². The van der Waals surface area contributed by atoms with E-state index in [0.717, 1.165) is 17.1 Å². The van der Waals surface area contributed by atoms with Gasteiger partial charge in [0, 0.05) is 12.5 Å². The summed E-state index contributed by atoms with van der Waals surface area (Å²) in [6, 6.07) is 0. The fourth-order valence-corrected chi connectivity index (χ4v) is 1.31. The van der Waals surface area contributed by atoms with Crippen LogP contribution in [0.5, 0.6) is 0 Å². The third kappa shape index (κ3) is 2.55. The Balaban J connectivity index is 2.94. The highest BCUT2D eigenvalue weighted by Crippen LogP contribution is 2.05. The topological polar surface area (TPSA) is 89.3 Å². The Morgan fingerprint density at radius 3 is 2.69 bits per heavy atom. The van der Waals surface area contributed by atoms with Crippen molar-refractivity contribution in [2.24, 2.45) is 0 Å². The Morgan fingerprint density at radius 2 is 2.31 bits per heavy atom. The van der Waals surface area contributed by atoms with Gasteiger partial charge in [-0.05, 0) is 0 Å². The number of nitrogens with zero attached hydrogens (tertiary/aromatic N) is 2. The lowest BCUT2D eigenvalue weighted by atomic mass is 10.6. The lowest BCUT2D eigenvalue weighted by Crippen LogP contribution is -2.08. The van der Waals surface area contributed by atoms with Crippen LogP contribution in [-0.2, 0) is 21.2 Å². The van der Waals surface area contributed by atoms with Gasteiger partial charge in [-0.2, -0.15) is 5.10 Å². The van der Waals surface area contributed by atoms with E-state index in [1.165, 1.54) is 6.20 Å². The van der Waals surface area contributed by atoms with Gasteiger partial charge in [0.1, 0.15) is 11.4 Å². The molecule has 0 aromatic carbocycles. The molecule has 0 bridgehead atoms. The summed E-state index contributed by atoms with van der Waals surface area (Å²) in [5.74, 6) is -1.07. The maximum absolute atomic E-state index is 10.9. The largest absolute Gasteiger partial charge is 0.480 e. The Hall–Kier alpha value is -1.37. The Morgan fingerprint density at radius 1 is 1.69 bits per heavy atom. The van der Waals surface area contributed by atoms with Crippen molar-refractivity contribution in [2.75, 3.05) is 6.26 Å². The number of sulfone groups is 1. The minimum absolute atomic E-state index is 0.0220. The predicted octanol–water partition coefficient (Wildman–Crippen LogP) is -0.629. The first-order valence-electron chi connectivity index (χ1n) is 3.34. The third-order valence-corrected chi connectivity index (χ3v) is 2.40. The van der Waals surface area contributed by atoms with Crippen molar-refractivity contribution in [1.29, 1.82) is 0 Å². The van der Waals surface area contributed by atoms with E-state index in [1.54, 1.807) is 0 Å². The quantitative estimate of drug-likeness (QED) is 0.708. The molecule has 0 saturated heterocycles. The summed E-state index contributed by atoms with van der Waals surface area (Å²) >= 11 is 0. The van der Waals surface area contributed by atoms with E-state index in [2.05, 4.69) is 5.10 Å². The molecule has 72 valence electrons. The fraction of sp³-hybridized carbons (Fsp3) is 0.333. The van der Waals surface area contributed by atoms with Gasteiger partial charge in [-0.3, -0.25) is 9.48 Å². The Bertz CT molecular complexity index is 420. The molecule has 0 fully saturated rings. The van der Waals surface area contributed by atoms with Gasteiger partial charge >= 0.3 is 5.97 Å². The number of aromatic nitrogens is 2. The summed E-state index contributed by atoms with van der Waals surface area (Å²) in [5, 5.41) is 11.9. The van der Waals surface area contributed by atoms with Crippen LogP contribution in [0, 0.1) is 0 Å². The molecular formula is C6H8N2O4S. The van der Waals surface area contributed by atoms with Crippen LogP contribution in [0.1, 0.15) is 0 Å². The summed E-state index contributed by atoms with van der Waals surface area (Å²) in [4.78, 5) is 10.2. The van der Waals surface area contributed by atoms with E-state index in [4.69, 9.17) is 5.11 Å². The van der Waals surface area contributed by atoms with Gasteiger partial charge in [-0.25, -0.2) is 8.42 Å².